The number of thiol groups is 1. The van der Waals surface area contributed by atoms with Crippen molar-refractivity contribution in [2.75, 3.05) is 29.5 Å². The smallest absolute Gasteiger partial charge is 0.748 e. The first-order valence-corrected chi connectivity index (χ1v) is 19.3. The van der Waals surface area contributed by atoms with Crippen molar-refractivity contribution in [2.45, 2.75) is 50.3 Å². The molecule has 2 aliphatic heterocycles. The van der Waals surface area contributed by atoms with E-state index in [4.69, 9.17) is 4.89 Å². The number of hydrogen-bond donors (Lipinski definition) is 1. The monoisotopic (exact) mass is 837 g/mol. The molecule has 0 saturated carbocycles. The molecule has 0 spiro atoms. The van der Waals surface area contributed by atoms with Gasteiger partial charge in [-0.1, -0.05) is 43.7 Å². The molecule has 0 unspecified atom stereocenters. The second kappa shape index (κ2) is 21.7. The summed E-state index contributed by atoms with van der Waals surface area (Å²) in [6.07, 6.45) is 11.2. The van der Waals surface area contributed by atoms with Gasteiger partial charge in [0, 0.05) is 101 Å². The zero-order chi connectivity index (χ0) is 36.9. The van der Waals surface area contributed by atoms with Crippen LogP contribution >= 0.6 is 25.0 Å². The van der Waals surface area contributed by atoms with Gasteiger partial charge in [0.05, 0.1) is 16.1 Å². The van der Waals surface area contributed by atoms with Crippen LogP contribution in [0, 0.1) is 0 Å². The topological polar surface area (TPSA) is 190 Å². The van der Waals surface area contributed by atoms with Crippen molar-refractivity contribution in [2.24, 2.45) is 0 Å². The second-order valence-corrected chi connectivity index (χ2v) is 16.2. The number of benzene rings is 2. The summed E-state index contributed by atoms with van der Waals surface area (Å²) in [5.74, 6) is 0.0754. The average Bonchev–Trinajstić information content (AvgIpc) is 3.38. The van der Waals surface area contributed by atoms with Gasteiger partial charge in [-0.15, -0.1) is 4.33 Å². The van der Waals surface area contributed by atoms with Crippen molar-refractivity contribution in [3.8, 4) is 5.75 Å². The van der Waals surface area contributed by atoms with Crippen LogP contribution in [0.2, 0.25) is 0 Å². The van der Waals surface area contributed by atoms with Crippen LogP contribution in [0.4, 0.5) is 11.4 Å². The van der Waals surface area contributed by atoms with Crippen LogP contribution in [-0.4, -0.2) is 90.4 Å². The molecule has 4 rings (SSSR count). The Morgan fingerprint density at radius 2 is 1.70 bits per heavy atom. The Hall–Kier alpha value is -0.01000. The van der Waals surface area contributed by atoms with Gasteiger partial charge in [0.25, 0.3) is 0 Å². The van der Waals surface area contributed by atoms with Crippen LogP contribution in [0.1, 0.15) is 45.7 Å². The molecule has 53 heavy (non-hydrogen) atoms. The van der Waals surface area contributed by atoms with Crippen LogP contribution in [0.25, 0.3) is 0 Å². The van der Waals surface area contributed by atoms with E-state index in [0.717, 1.165) is 34.6 Å². The Balaban J connectivity index is 0.00000468. The zero-order valence-corrected chi connectivity index (χ0v) is 40.1. The van der Waals surface area contributed by atoms with Crippen molar-refractivity contribution in [3.05, 3.63) is 95.3 Å². The molecule has 1 radical (unpaired) electrons. The fourth-order valence-electron chi connectivity index (χ4n) is 6.08. The summed E-state index contributed by atoms with van der Waals surface area (Å²) < 4.78 is 80.4. The molecule has 0 atom stereocenters. The third-order valence-corrected chi connectivity index (χ3v) is 10.5. The second-order valence-electron chi connectivity index (χ2n) is 12.4. The molecule has 0 saturated heterocycles. The summed E-state index contributed by atoms with van der Waals surface area (Å²) in [5.41, 5.74) is 4.00. The van der Waals surface area contributed by atoms with E-state index in [1.807, 2.05) is 76.0 Å². The van der Waals surface area contributed by atoms with E-state index in [2.05, 4.69) is 31.7 Å². The molecule has 2 heterocycles. The SMILES string of the molecule is CC(/C=C/C=C1\N(CCSOO[O-])c2ccc(S(=O)(=O)[O-])cc2C1(C)C)=C\C=C\C1=[N+](CCS(=O)(=O)[O-])c2ccc(OOOS)cc2C1(C)C.[Na+].[Na+].[Na]. The van der Waals surface area contributed by atoms with Crippen LogP contribution in [-0.2, 0) is 49.8 Å². The van der Waals surface area contributed by atoms with E-state index in [0.29, 0.717) is 35.0 Å². The maximum Gasteiger partial charge on any atom is 1.00 e. The van der Waals surface area contributed by atoms with E-state index < -0.39 is 36.8 Å². The molecule has 0 amide bonds. The molecule has 0 bridgehead atoms. The van der Waals surface area contributed by atoms with E-state index >= 15 is 0 Å². The molecular formula is C32H36N2Na3O12S4. The van der Waals surface area contributed by atoms with E-state index in [-0.39, 0.29) is 100 Å². The van der Waals surface area contributed by atoms with E-state index in [1.54, 1.807) is 28.8 Å². The van der Waals surface area contributed by atoms with Crippen LogP contribution in [0.5, 0.6) is 5.75 Å². The quantitative estimate of drug-likeness (QED) is 0.0222. The summed E-state index contributed by atoms with van der Waals surface area (Å²) >= 11 is 4.31. The maximum atomic E-state index is 11.8. The molecule has 2 aromatic carbocycles. The van der Waals surface area contributed by atoms with Gasteiger partial charge in [-0.05, 0) is 67.8 Å². The van der Waals surface area contributed by atoms with Crippen molar-refractivity contribution >= 4 is 91.8 Å². The first-order chi connectivity index (χ1) is 23.4. The number of rotatable bonds is 16. The largest absolute Gasteiger partial charge is 1.00 e. The van der Waals surface area contributed by atoms with Gasteiger partial charge in [-0.3, -0.25) is 5.04 Å². The summed E-state index contributed by atoms with van der Waals surface area (Å²) in [6, 6.07) is 9.33. The molecule has 0 fully saturated rings. The first-order valence-electron chi connectivity index (χ1n) is 15.0. The molecule has 14 nitrogen and oxygen atoms in total. The van der Waals surface area contributed by atoms with Gasteiger partial charge in [-0.25, -0.2) is 16.8 Å². The minimum Gasteiger partial charge on any atom is -0.748 e. The van der Waals surface area contributed by atoms with E-state index in [1.165, 1.54) is 12.1 Å². The molecule has 0 N–H and O–H groups in total. The van der Waals surface area contributed by atoms with E-state index in [9.17, 15) is 31.2 Å². The Morgan fingerprint density at radius 3 is 2.32 bits per heavy atom. The maximum absolute atomic E-state index is 11.8. The summed E-state index contributed by atoms with van der Waals surface area (Å²) in [4.78, 5) is 6.69. The normalized spacial score (nSPS) is 17.1. The van der Waals surface area contributed by atoms with Gasteiger partial charge < -0.3 is 24.2 Å². The number of fused-ring (bicyclic) bond motifs is 2. The van der Waals surface area contributed by atoms with Crippen molar-refractivity contribution in [1.29, 1.82) is 0 Å². The van der Waals surface area contributed by atoms with Gasteiger partial charge >= 0.3 is 59.1 Å². The number of anilines is 1. The Kier molecular flexibility index (Phi) is 20.9. The molecule has 21 heteroatoms. The van der Waals surface area contributed by atoms with Crippen LogP contribution in [0.3, 0.4) is 0 Å². The van der Waals surface area contributed by atoms with Gasteiger partial charge in [0.15, 0.2) is 18.0 Å². The minimum atomic E-state index is -4.67. The predicted octanol–water partition coefficient (Wildman–Crippen LogP) is -2.16. The third kappa shape index (κ3) is 13.0. The molecule has 2 aromatic rings. The standard InChI is InChI=1S/C32H38N2O12S4.3Na/c1-22(8-6-10-29-32(4,5)26-21-24(50(39,40)41)13-15-28(26)33(29)16-18-48-46-43-35)9-7-11-30-31(2,3)25-20-23(42-44-45-47)12-14-27(25)34(30)17-19-49(36,37)38;;;/h6-15,20-21H,16-19H2,1-5H3,(H3-,35,36,37,38,39,40,41,47);;;/q;;2*+1/p-2. The Bertz CT molecular complexity index is 1980. The molecule has 0 aliphatic carbocycles. The summed E-state index contributed by atoms with van der Waals surface area (Å²) in [5, 5.41) is 18.1. The van der Waals surface area contributed by atoms with Crippen LogP contribution < -0.4 is 74.2 Å². The fourth-order valence-corrected chi connectivity index (χ4v) is 7.37. The number of allylic oxidation sites excluding steroid dienone is 8. The fraction of sp³-hybridized carbons (Fsp3) is 0.344. The van der Waals surface area contributed by atoms with Crippen LogP contribution in [0.15, 0.2) is 89.0 Å². The number of hydrogen-bond acceptors (Lipinski definition) is 15. The molecule has 273 valence electrons. The first kappa shape index (κ1) is 51.0. The zero-order valence-electron chi connectivity index (χ0n) is 30.7. The number of nitrogens with zero attached hydrogens (tertiary/aromatic N) is 2. The molecule has 0 aromatic heterocycles. The van der Waals surface area contributed by atoms with Crippen molar-refractivity contribution in [3.63, 3.8) is 0 Å². The Labute approximate surface area is 386 Å². The molecular weight excluding hydrogens is 802 g/mol. The van der Waals surface area contributed by atoms with Crippen molar-refractivity contribution < 1.29 is 119 Å². The predicted molar refractivity (Wildman–Crippen MR) is 191 cm³/mol. The van der Waals surface area contributed by atoms with Crippen molar-refractivity contribution in [1.82, 2.24) is 0 Å². The summed E-state index contributed by atoms with van der Waals surface area (Å²) in [6.45, 7) is 9.97. The Morgan fingerprint density at radius 1 is 1.00 bits per heavy atom. The summed E-state index contributed by atoms with van der Waals surface area (Å²) in [7, 11) is -9.16. The minimum absolute atomic E-state index is 0. The van der Waals surface area contributed by atoms with Gasteiger partial charge in [0.2, 0.25) is 5.69 Å². The molecule has 2 aliphatic rings. The van der Waals surface area contributed by atoms with Gasteiger partial charge in [-0.2, -0.15) is 8.91 Å². The third-order valence-electron chi connectivity index (χ3n) is 8.44. The average molecular weight is 838 g/mol. The van der Waals surface area contributed by atoms with Gasteiger partial charge in [0.1, 0.15) is 20.2 Å².